The Morgan fingerprint density at radius 1 is 0.484 bits per heavy atom. The molecule has 6 heteroatoms. The highest BCUT2D eigenvalue weighted by molar-refractivity contribution is 6.18. The molecule has 0 N–H and O–H groups in total. The average molecular weight is 422 g/mol. The van der Waals surface area contributed by atoms with Crippen molar-refractivity contribution in [3.63, 3.8) is 0 Å². The first-order valence-corrected chi connectivity index (χ1v) is 10.1. The van der Waals surface area contributed by atoms with Crippen LogP contribution in [-0.2, 0) is 28.8 Å². The van der Waals surface area contributed by atoms with Crippen molar-refractivity contribution in [2.75, 3.05) is 0 Å². The van der Waals surface area contributed by atoms with E-state index < -0.39 is 0 Å². The SMILES string of the molecule is CCC1=CC(=O)C=CC1=O.CCC1=CC(=O)C=CC1=O.CCCC1=CC(=O)C=CC1=O. The number of carbonyl (C=O) groups excluding carboxylic acids is 6. The molecule has 0 atom stereocenters. The zero-order valence-corrected chi connectivity index (χ0v) is 18.0. The number of ketones is 6. The van der Waals surface area contributed by atoms with E-state index in [9.17, 15) is 28.8 Å². The minimum Gasteiger partial charge on any atom is -0.290 e. The van der Waals surface area contributed by atoms with Crippen molar-refractivity contribution in [2.24, 2.45) is 0 Å². The average Bonchev–Trinajstić information content (AvgIpc) is 2.75. The van der Waals surface area contributed by atoms with Crippen molar-refractivity contribution in [2.45, 2.75) is 46.5 Å². The molecule has 0 radical (unpaired) electrons. The van der Waals surface area contributed by atoms with E-state index in [1.54, 1.807) is 0 Å². The lowest BCUT2D eigenvalue weighted by atomic mass is 10.00. The summed E-state index contributed by atoms with van der Waals surface area (Å²) in [4.78, 5) is 64.9. The summed E-state index contributed by atoms with van der Waals surface area (Å²) in [6.07, 6.45) is 15.0. The molecule has 3 aliphatic rings. The van der Waals surface area contributed by atoms with Crippen molar-refractivity contribution in [3.05, 3.63) is 71.4 Å². The highest BCUT2D eigenvalue weighted by Gasteiger charge is 2.12. The summed E-state index contributed by atoms with van der Waals surface area (Å²) in [7, 11) is 0. The molecule has 0 aromatic heterocycles. The molecule has 0 fully saturated rings. The fourth-order valence-electron chi connectivity index (χ4n) is 2.68. The molecule has 0 bridgehead atoms. The zero-order chi connectivity index (χ0) is 23.4. The largest absolute Gasteiger partial charge is 0.290 e. The first-order valence-electron chi connectivity index (χ1n) is 10.1. The Balaban J connectivity index is 0.000000233. The highest BCUT2D eigenvalue weighted by Crippen LogP contribution is 2.11. The fourth-order valence-corrected chi connectivity index (χ4v) is 2.68. The van der Waals surface area contributed by atoms with Gasteiger partial charge in [0.05, 0.1) is 0 Å². The van der Waals surface area contributed by atoms with Gasteiger partial charge in [-0.15, -0.1) is 0 Å². The van der Waals surface area contributed by atoms with Gasteiger partial charge >= 0.3 is 0 Å². The predicted octanol–water partition coefficient (Wildman–Crippen LogP) is 3.48. The second kappa shape index (κ2) is 12.9. The Kier molecular flexibility index (Phi) is 10.6. The zero-order valence-electron chi connectivity index (χ0n) is 18.0. The van der Waals surface area contributed by atoms with E-state index in [2.05, 4.69) is 0 Å². The van der Waals surface area contributed by atoms with Crippen LogP contribution in [0.3, 0.4) is 0 Å². The van der Waals surface area contributed by atoms with Gasteiger partial charge in [0, 0.05) is 16.7 Å². The quantitative estimate of drug-likeness (QED) is 0.643. The van der Waals surface area contributed by atoms with Crippen molar-refractivity contribution < 1.29 is 28.8 Å². The van der Waals surface area contributed by atoms with Gasteiger partial charge in [-0.05, 0) is 73.9 Å². The maximum atomic E-state index is 11.0. The molecule has 0 spiro atoms. The third-order valence-corrected chi connectivity index (χ3v) is 4.38. The molecular weight excluding hydrogens is 396 g/mol. The summed E-state index contributed by atoms with van der Waals surface area (Å²) in [5.74, 6) is -0.350. The van der Waals surface area contributed by atoms with Crippen LogP contribution in [0.2, 0.25) is 0 Å². The Bertz CT molecular complexity index is 912. The summed E-state index contributed by atoms with van der Waals surface area (Å²) in [5.41, 5.74) is 1.85. The van der Waals surface area contributed by atoms with Gasteiger partial charge in [0.15, 0.2) is 34.7 Å². The van der Waals surface area contributed by atoms with Crippen LogP contribution in [-0.4, -0.2) is 34.7 Å². The number of carbonyl (C=O) groups is 6. The van der Waals surface area contributed by atoms with E-state index in [0.717, 1.165) is 6.42 Å². The molecule has 0 unspecified atom stereocenters. The molecule has 6 nitrogen and oxygen atoms in total. The Labute approximate surface area is 181 Å². The van der Waals surface area contributed by atoms with Gasteiger partial charge in [0.1, 0.15) is 0 Å². The molecule has 3 rings (SSSR count). The molecule has 162 valence electrons. The Morgan fingerprint density at radius 3 is 1.10 bits per heavy atom. The van der Waals surface area contributed by atoms with Gasteiger partial charge in [-0.1, -0.05) is 27.2 Å². The lowest BCUT2D eigenvalue weighted by Gasteiger charge is -2.03. The summed E-state index contributed by atoms with van der Waals surface area (Å²) >= 11 is 0. The molecule has 0 heterocycles. The topological polar surface area (TPSA) is 102 Å². The smallest absolute Gasteiger partial charge is 0.182 e. The lowest BCUT2D eigenvalue weighted by molar-refractivity contribution is -0.114. The van der Waals surface area contributed by atoms with Crippen LogP contribution < -0.4 is 0 Å². The summed E-state index contributed by atoms with van der Waals surface area (Å²) in [6, 6.07) is 0. The predicted molar refractivity (Wildman–Crippen MR) is 117 cm³/mol. The van der Waals surface area contributed by atoms with Gasteiger partial charge in [-0.2, -0.15) is 0 Å². The lowest BCUT2D eigenvalue weighted by Crippen LogP contribution is -2.06. The Hall–Kier alpha value is -3.54. The third kappa shape index (κ3) is 8.78. The minimum absolute atomic E-state index is 0.0218. The van der Waals surface area contributed by atoms with E-state index in [1.165, 1.54) is 54.7 Å². The number of rotatable bonds is 4. The highest BCUT2D eigenvalue weighted by atomic mass is 16.1. The summed E-state index contributed by atoms with van der Waals surface area (Å²) in [6.45, 7) is 5.70. The van der Waals surface area contributed by atoms with E-state index in [4.69, 9.17) is 0 Å². The van der Waals surface area contributed by atoms with Crippen molar-refractivity contribution in [1.29, 1.82) is 0 Å². The van der Waals surface area contributed by atoms with E-state index >= 15 is 0 Å². The van der Waals surface area contributed by atoms with Gasteiger partial charge in [-0.3, -0.25) is 28.8 Å². The minimum atomic E-state index is -0.0866. The third-order valence-electron chi connectivity index (χ3n) is 4.38. The van der Waals surface area contributed by atoms with Crippen molar-refractivity contribution in [3.8, 4) is 0 Å². The second-order valence-corrected chi connectivity index (χ2v) is 6.77. The maximum Gasteiger partial charge on any atom is 0.182 e. The summed E-state index contributed by atoms with van der Waals surface area (Å²) in [5, 5.41) is 0. The first-order chi connectivity index (χ1) is 14.7. The molecule has 0 saturated heterocycles. The summed E-state index contributed by atoms with van der Waals surface area (Å²) < 4.78 is 0. The molecule has 3 aliphatic carbocycles. The van der Waals surface area contributed by atoms with Crippen LogP contribution in [0.25, 0.3) is 0 Å². The van der Waals surface area contributed by atoms with Crippen molar-refractivity contribution in [1.82, 2.24) is 0 Å². The fraction of sp³-hybridized carbons (Fsp3) is 0.280. The van der Waals surface area contributed by atoms with E-state index in [0.29, 0.717) is 36.0 Å². The van der Waals surface area contributed by atoms with Crippen LogP contribution in [0.4, 0.5) is 0 Å². The van der Waals surface area contributed by atoms with Gasteiger partial charge in [-0.25, -0.2) is 0 Å². The molecule has 31 heavy (non-hydrogen) atoms. The second-order valence-electron chi connectivity index (χ2n) is 6.77. The number of allylic oxidation sites excluding steroid dienone is 12. The van der Waals surface area contributed by atoms with Crippen LogP contribution in [0.1, 0.15) is 46.5 Å². The van der Waals surface area contributed by atoms with E-state index in [1.807, 2.05) is 20.8 Å². The Morgan fingerprint density at radius 2 is 0.806 bits per heavy atom. The molecule has 0 amide bonds. The molecule has 0 saturated carbocycles. The van der Waals surface area contributed by atoms with Crippen molar-refractivity contribution >= 4 is 34.7 Å². The number of hydrogen-bond donors (Lipinski definition) is 0. The standard InChI is InChI=1S/C9H10O2.2C8H8O2/c1-2-3-7-6-8(10)4-5-9(7)11;2*1-2-6-5-7(9)3-4-8(6)10/h4-6H,2-3H2,1H3;2*3-5H,2H2,1H3. The van der Waals surface area contributed by atoms with Crippen LogP contribution in [0.5, 0.6) is 0 Å². The normalized spacial score (nSPS) is 17.3. The van der Waals surface area contributed by atoms with Gasteiger partial charge < -0.3 is 0 Å². The first kappa shape index (κ1) is 25.5. The monoisotopic (exact) mass is 422 g/mol. The maximum absolute atomic E-state index is 11.0. The number of hydrogen-bond acceptors (Lipinski definition) is 6. The molecular formula is C25H26O6. The molecule has 0 aliphatic heterocycles. The van der Waals surface area contributed by atoms with Crippen LogP contribution >= 0.6 is 0 Å². The van der Waals surface area contributed by atoms with Gasteiger partial charge in [0.2, 0.25) is 0 Å². The molecule has 0 aromatic rings. The van der Waals surface area contributed by atoms with Crippen LogP contribution in [0, 0.1) is 0 Å². The van der Waals surface area contributed by atoms with Gasteiger partial charge in [0.25, 0.3) is 0 Å². The van der Waals surface area contributed by atoms with Crippen LogP contribution in [0.15, 0.2) is 71.4 Å². The molecule has 0 aromatic carbocycles. The van der Waals surface area contributed by atoms with E-state index in [-0.39, 0.29) is 34.7 Å².